The van der Waals surface area contributed by atoms with Crippen molar-refractivity contribution in [3.63, 3.8) is 0 Å². The predicted octanol–water partition coefficient (Wildman–Crippen LogP) is 4.92. The molecule has 3 rings (SSSR count). The maximum Gasteiger partial charge on any atom is 0.163 e. The van der Waals surface area contributed by atoms with Crippen LogP contribution in [0.25, 0.3) is 0 Å². The van der Waals surface area contributed by atoms with Crippen LogP contribution in [0.2, 0.25) is 0 Å². The Labute approximate surface area is 132 Å². The molecule has 22 heavy (non-hydrogen) atoms. The SMILES string of the molecule is C=C1/C(=C\C=C/C)C=CC(=O)C1[C@@H]1CCCc2ccccc21. The number of ketones is 1. The number of rotatable bonds is 2. The van der Waals surface area contributed by atoms with Crippen molar-refractivity contribution in [3.8, 4) is 0 Å². The highest BCUT2D eigenvalue weighted by Crippen LogP contribution is 2.43. The van der Waals surface area contributed by atoms with Gasteiger partial charge in [-0.25, -0.2) is 0 Å². The van der Waals surface area contributed by atoms with E-state index in [0.717, 1.165) is 30.4 Å². The molecule has 0 spiro atoms. The normalized spacial score (nSPS) is 26.7. The zero-order chi connectivity index (χ0) is 15.5. The first kappa shape index (κ1) is 14.8. The topological polar surface area (TPSA) is 17.1 Å². The molecular formula is C21H22O. The lowest BCUT2D eigenvalue weighted by molar-refractivity contribution is -0.118. The summed E-state index contributed by atoms with van der Waals surface area (Å²) in [6.07, 6.45) is 13.0. The van der Waals surface area contributed by atoms with Crippen molar-refractivity contribution >= 4 is 5.78 Å². The Morgan fingerprint density at radius 2 is 2.05 bits per heavy atom. The summed E-state index contributed by atoms with van der Waals surface area (Å²) in [5, 5.41) is 0. The van der Waals surface area contributed by atoms with Crippen LogP contribution in [-0.4, -0.2) is 5.78 Å². The molecule has 1 heteroatoms. The Balaban J connectivity index is 2.00. The van der Waals surface area contributed by atoms with Gasteiger partial charge in [0.1, 0.15) is 0 Å². The number of carbonyl (C=O) groups is 1. The Morgan fingerprint density at radius 3 is 2.86 bits per heavy atom. The first-order chi connectivity index (χ1) is 10.7. The standard InChI is InChI=1S/C21H22O/c1-3-4-8-16-13-14-20(22)21(15(16)2)19-12-7-10-17-9-5-6-11-18(17)19/h3-6,8-9,11,13-14,19,21H,2,7,10,12H2,1H3/b4-3-,16-8-/t19-,21?/m1/s1. The number of hydrogen-bond donors (Lipinski definition) is 0. The van der Waals surface area contributed by atoms with E-state index in [1.54, 1.807) is 6.08 Å². The molecule has 1 aromatic carbocycles. The summed E-state index contributed by atoms with van der Waals surface area (Å²) in [4.78, 5) is 12.5. The van der Waals surface area contributed by atoms with Crippen LogP contribution >= 0.6 is 0 Å². The Morgan fingerprint density at radius 1 is 1.23 bits per heavy atom. The highest BCUT2D eigenvalue weighted by Gasteiger charge is 2.35. The average Bonchev–Trinajstić information content (AvgIpc) is 2.54. The molecule has 0 bridgehead atoms. The molecule has 0 aliphatic heterocycles. The number of hydrogen-bond acceptors (Lipinski definition) is 1. The van der Waals surface area contributed by atoms with Crippen LogP contribution in [0, 0.1) is 5.92 Å². The van der Waals surface area contributed by atoms with E-state index in [1.807, 2.05) is 31.2 Å². The zero-order valence-electron chi connectivity index (χ0n) is 13.1. The fourth-order valence-electron chi connectivity index (χ4n) is 3.68. The second kappa shape index (κ2) is 6.31. The summed E-state index contributed by atoms with van der Waals surface area (Å²) in [6.45, 7) is 6.25. The lowest BCUT2D eigenvalue weighted by Gasteiger charge is -2.34. The van der Waals surface area contributed by atoms with Crippen molar-refractivity contribution in [3.05, 3.63) is 83.5 Å². The molecule has 1 nitrogen and oxygen atoms in total. The molecule has 112 valence electrons. The van der Waals surface area contributed by atoms with Crippen LogP contribution in [0.5, 0.6) is 0 Å². The maximum atomic E-state index is 12.5. The average molecular weight is 290 g/mol. The fraction of sp³-hybridized carbons (Fsp3) is 0.286. The van der Waals surface area contributed by atoms with Crippen molar-refractivity contribution in [2.75, 3.05) is 0 Å². The monoisotopic (exact) mass is 290 g/mol. The summed E-state index contributed by atoms with van der Waals surface area (Å²) in [6, 6.07) is 8.56. The largest absolute Gasteiger partial charge is 0.294 e. The summed E-state index contributed by atoms with van der Waals surface area (Å²) >= 11 is 0. The lowest BCUT2D eigenvalue weighted by Crippen LogP contribution is -2.28. The molecule has 0 amide bonds. The third-order valence-corrected chi connectivity index (χ3v) is 4.77. The van der Waals surface area contributed by atoms with Gasteiger partial charge in [-0.15, -0.1) is 0 Å². The van der Waals surface area contributed by atoms with E-state index >= 15 is 0 Å². The molecule has 2 aliphatic carbocycles. The van der Waals surface area contributed by atoms with Crippen LogP contribution in [-0.2, 0) is 11.2 Å². The summed E-state index contributed by atoms with van der Waals surface area (Å²) in [5.74, 6) is 0.358. The van der Waals surface area contributed by atoms with Gasteiger partial charge in [-0.3, -0.25) is 4.79 Å². The number of aryl methyl sites for hydroxylation is 1. The van der Waals surface area contributed by atoms with Crippen molar-refractivity contribution in [1.29, 1.82) is 0 Å². The van der Waals surface area contributed by atoms with Gasteiger partial charge in [-0.1, -0.05) is 55.1 Å². The van der Waals surface area contributed by atoms with Crippen LogP contribution in [0.4, 0.5) is 0 Å². The van der Waals surface area contributed by atoms with Crippen LogP contribution in [0.15, 0.2) is 72.4 Å². The zero-order valence-corrected chi connectivity index (χ0v) is 13.1. The van der Waals surface area contributed by atoms with Crippen LogP contribution < -0.4 is 0 Å². The van der Waals surface area contributed by atoms with Crippen LogP contribution in [0.3, 0.4) is 0 Å². The Kier molecular flexibility index (Phi) is 4.24. The third-order valence-electron chi connectivity index (χ3n) is 4.77. The van der Waals surface area contributed by atoms with Gasteiger partial charge in [0.15, 0.2) is 5.78 Å². The number of carbonyl (C=O) groups excluding carboxylic acids is 1. The van der Waals surface area contributed by atoms with E-state index in [9.17, 15) is 4.79 Å². The summed E-state index contributed by atoms with van der Waals surface area (Å²) < 4.78 is 0. The highest BCUT2D eigenvalue weighted by atomic mass is 16.1. The van der Waals surface area contributed by atoms with Gasteiger partial charge in [0.25, 0.3) is 0 Å². The molecule has 2 atom stereocenters. The number of benzene rings is 1. The van der Waals surface area contributed by atoms with E-state index in [1.165, 1.54) is 11.1 Å². The Bertz CT molecular complexity index is 688. The summed E-state index contributed by atoms with van der Waals surface area (Å²) in [5.41, 5.74) is 4.78. The predicted molar refractivity (Wildman–Crippen MR) is 91.8 cm³/mol. The first-order valence-electron chi connectivity index (χ1n) is 8.04. The van der Waals surface area contributed by atoms with Crippen molar-refractivity contribution in [1.82, 2.24) is 0 Å². The minimum atomic E-state index is -0.108. The molecule has 0 N–H and O–H groups in total. The van der Waals surface area contributed by atoms with Crippen molar-refractivity contribution in [2.24, 2.45) is 5.92 Å². The molecule has 0 aromatic heterocycles. The minimum absolute atomic E-state index is 0.108. The third kappa shape index (κ3) is 2.64. The second-order valence-corrected chi connectivity index (χ2v) is 6.08. The molecule has 0 radical (unpaired) electrons. The smallest absolute Gasteiger partial charge is 0.163 e. The highest BCUT2D eigenvalue weighted by molar-refractivity contribution is 5.98. The number of fused-ring (bicyclic) bond motifs is 1. The van der Waals surface area contributed by atoms with Gasteiger partial charge in [0.05, 0.1) is 5.92 Å². The first-order valence-corrected chi connectivity index (χ1v) is 8.04. The molecule has 2 aliphatic rings. The molecule has 1 unspecified atom stereocenters. The van der Waals surface area contributed by atoms with Gasteiger partial charge < -0.3 is 0 Å². The van der Waals surface area contributed by atoms with Gasteiger partial charge in [0, 0.05) is 0 Å². The molecule has 0 fully saturated rings. The molecular weight excluding hydrogens is 268 g/mol. The quantitative estimate of drug-likeness (QED) is 0.755. The van der Waals surface area contributed by atoms with Crippen molar-refractivity contribution in [2.45, 2.75) is 32.1 Å². The summed E-state index contributed by atoms with van der Waals surface area (Å²) in [7, 11) is 0. The van der Waals surface area contributed by atoms with E-state index in [-0.39, 0.29) is 17.6 Å². The maximum absolute atomic E-state index is 12.5. The van der Waals surface area contributed by atoms with Crippen molar-refractivity contribution < 1.29 is 4.79 Å². The van der Waals surface area contributed by atoms with Gasteiger partial charge in [-0.05, 0) is 60.5 Å². The fourth-order valence-corrected chi connectivity index (χ4v) is 3.68. The minimum Gasteiger partial charge on any atom is -0.294 e. The van der Waals surface area contributed by atoms with Gasteiger partial charge in [0.2, 0.25) is 0 Å². The van der Waals surface area contributed by atoms with E-state index in [4.69, 9.17) is 0 Å². The number of allylic oxidation sites excluding steroid dienone is 7. The van der Waals surface area contributed by atoms with E-state index < -0.39 is 0 Å². The van der Waals surface area contributed by atoms with Crippen LogP contribution in [0.1, 0.15) is 36.8 Å². The lowest BCUT2D eigenvalue weighted by atomic mass is 9.69. The van der Waals surface area contributed by atoms with E-state index in [2.05, 4.69) is 30.8 Å². The Hall–Kier alpha value is -2.15. The second-order valence-electron chi connectivity index (χ2n) is 6.08. The molecule has 1 aromatic rings. The molecule has 0 saturated carbocycles. The molecule has 0 heterocycles. The van der Waals surface area contributed by atoms with E-state index in [0.29, 0.717) is 0 Å². The van der Waals surface area contributed by atoms with Gasteiger partial charge in [-0.2, -0.15) is 0 Å². The molecule has 0 saturated heterocycles. The van der Waals surface area contributed by atoms with Gasteiger partial charge >= 0.3 is 0 Å².